The number of rotatable bonds is 16. The van der Waals surface area contributed by atoms with E-state index in [2.05, 4.69) is 285 Å². The summed E-state index contributed by atoms with van der Waals surface area (Å²) in [5.74, 6) is 1.63. The number of hydrogen-bond donors (Lipinski definition) is 0. The predicted octanol–water partition coefficient (Wildman–Crippen LogP) is 20.3. The molecule has 82 heavy (non-hydrogen) atoms. The summed E-state index contributed by atoms with van der Waals surface area (Å²) in [6.07, 6.45) is 17.9. The van der Waals surface area contributed by atoms with Gasteiger partial charge in [-0.15, -0.1) is 0 Å². The molecule has 0 saturated carbocycles. The van der Waals surface area contributed by atoms with Crippen LogP contribution in [0.3, 0.4) is 0 Å². The van der Waals surface area contributed by atoms with E-state index in [1.807, 2.05) is 36.4 Å². The lowest BCUT2D eigenvalue weighted by Gasteiger charge is -2.30. The van der Waals surface area contributed by atoms with Crippen molar-refractivity contribution in [3.8, 4) is 33.8 Å². The van der Waals surface area contributed by atoms with Crippen LogP contribution in [0, 0.1) is 0 Å². The van der Waals surface area contributed by atoms with E-state index in [0.29, 0.717) is 6.42 Å². The maximum absolute atomic E-state index is 5.62. The van der Waals surface area contributed by atoms with Crippen LogP contribution in [0.1, 0.15) is 63.3 Å². The molecule has 3 aliphatic rings. The van der Waals surface area contributed by atoms with Gasteiger partial charge in [-0.2, -0.15) is 0 Å². The lowest BCUT2D eigenvalue weighted by molar-refractivity contribution is 0.414. The first-order valence-corrected chi connectivity index (χ1v) is 28.3. The molecule has 0 fully saturated rings. The van der Waals surface area contributed by atoms with E-state index in [0.717, 1.165) is 79.8 Å². The van der Waals surface area contributed by atoms with Crippen molar-refractivity contribution in [3.05, 3.63) is 307 Å². The van der Waals surface area contributed by atoms with Crippen LogP contribution in [0.25, 0.3) is 22.3 Å². The minimum atomic E-state index is -0.146. The van der Waals surface area contributed by atoms with E-state index in [1.165, 1.54) is 44.5 Å². The summed E-state index contributed by atoms with van der Waals surface area (Å²) in [5, 5.41) is 0. The number of anilines is 9. The van der Waals surface area contributed by atoms with Gasteiger partial charge in [-0.25, -0.2) is 0 Å². The molecule has 0 aliphatic heterocycles. The van der Waals surface area contributed by atoms with E-state index in [4.69, 9.17) is 9.47 Å². The molecule has 0 spiro atoms. The maximum atomic E-state index is 5.62. The second-order valence-corrected chi connectivity index (χ2v) is 22.0. The largest absolute Gasteiger partial charge is 0.497 e. The zero-order valence-electron chi connectivity index (χ0n) is 47.8. The summed E-state index contributed by atoms with van der Waals surface area (Å²) in [7, 11) is 3.42. The molecule has 0 atom stereocenters. The standard InChI is InChI=1S/C76H68N4O2/c1-9-11-20-53(10-2)77(57-31-35-59(36-32-57)79(61-39-45-65(81-7)46-40-61)63-43-49-69-67-25-15-17-27-71(67)75(3,4)73(69)51-63)55-23-19-24-56(30-29-55)78(54-21-13-12-14-22-54)58-33-37-60(38-34-58)80(62-41-47-66(82-8)48-42-62)64-44-50-70-68-26-16-18-28-72(68)76(5,6)74(70)52-64/h9-18,20-52H,1,19H2,2-8H3/b20-11-,53-10+. The van der Waals surface area contributed by atoms with Crippen LogP contribution in [0.15, 0.2) is 285 Å². The van der Waals surface area contributed by atoms with E-state index in [9.17, 15) is 0 Å². The Morgan fingerprint density at radius 2 is 0.793 bits per heavy atom. The Balaban J connectivity index is 0.881. The molecule has 9 aromatic rings. The first kappa shape index (κ1) is 52.9. The van der Waals surface area contributed by atoms with Crippen molar-refractivity contribution in [2.45, 2.75) is 51.9 Å². The molecule has 0 aromatic heterocycles. The Kier molecular flexibility index (Phi) is 14.2. The van der Waals surface area contributed by atoms with Crippen molar-refractivity contribution in [1.82, 2.24) is 0 Å². The highest BCUT2D eigenvalue weighted by Crippen LogP contribution is 2.53. The number of fused-ring (bicyclic) bond motifs is 6. The van der Waals surface area contributed by atoms with Gasteiger partial charge in [0.1, 0.15) is 11.5 Å². The Labute approximate surface area is 484 Å². The lowest BCUT2D eigenvalue weighted by atomic mass is 9.82. The Hall–Kier alpha value is -9.78. The number of para-hydroxylation sites is 1. The highest BCUT2D eigenvalue weighted by molar-refractivity contribution is 5.88. The Morgan fingerprint density at radius 1 is 0.415 bits per heavy atom. The monoisotopic (exact) mass is 1070 g/mol. The van der Waals surface area contributed by atoms with Crippen molar-refractivity contribution in [2.24, 2.45) is 0 Å². The van der Waals surface area contributed by atoms with Gasteiger partial charge < -0.3 is 29.1 Å². The molecule has 6 nitrogen and oxygen atoms in total. The molecule has 0 heterocycles. The van der Waals surface area contributed by atoms with E-state index in [1.54, 1.807) is 14.2 Å². The van der Waals surface area contributed by atoms with Crippen molar-refractivity contribution in [3.63, 3.8) is 0 Å². The molecule has 0 saturated heterocycles. The van der Waals surface area contributed by atoms with Crippen LogP contribution < -0.4 is 29.1 Å². The van der Waals surface area contributed by atoms with Gasteiger partial charge in [0, 0.05) is 79.1 Å². The van der Waals surface area contributed by atoms with Crippen LogP contribution in [-0.2, 0) is 10.8 Å². The van der Waals surface area contributed by atoms with Gasteiger partial charge in [0.15, 0.2) is 0 Å². The molecule has 0 unspecified atom stereocenters. The van der Waals surface area contributed by atoms with Crippen molar-refractivity contribution >= 4 is 51.2 Å². The lowest BCUT2D eigenvalue weighted by Crippen LogP contribution is -2.20. The zero-order chi connectivity index (χ0) is 56.5. The third kappa shape index (κ3) is 9.60. The maximum Gasteiger partial charge on any atom is 0.119 e. The van der Waals surface area contributed by atoms with E-state index >= 15 is 0 Å². The number of ether oxygens (including phenoxy) is 2. The quantitative estimate of drug-likeness (QED) is 0.0897. The molecular weight excluding hydrogens is 1000 g/mol. The molecule has 0 amide bonds. The molecule has 0 radical (unpaired) electrons. The first-order valence-electron chi connectivity index (χ1n) is 28.3. The van der Waals surface area contributed by atoms with Gasteiger partial charge in [0.25, 0.3) is 0 Å². The van der Waals surface area contributed by atoms with Crippen LogP contribution in [0.5, 0.6) is 11.5 Å². The van der Waals surface area contributed by atoms with Gasteiger partial charge >= 0.3 is 0 Å². The Bertz CT molecular complexity index is 3990. The average molecular weight is 1070 g/mol. The summed E-state index contributed by atoms with van der Waals surface area (Å²) >= 11 is 0. The first-order chi connectivity index (χ1) is 40.0. The van der Waals surface area contributed by atoms with E-state index in [-0.39, 0.29) is 10.8 Å². The third-order valence-electron chi connectivity index (χ3n) is 16.6. The minimum absolute atomic E-state index is 0.142. The van der Waals surface area contributed by atoms with E-state index < -0.39 is 0 Å². The number of hydrogen-bond acceptors (Lipinski definition) is 6. The van der Waals surface area contributed by atoms with Gasteiger partial charge in [0.05, 0.1) is 14.2 Å². The molecule has 404 valence electrons. The molecule has 6 heteroatoms. The number of methoxy groups -OCH3 is 2. The van der Waals surface area contributed by atoms with Crippen LogP contribution >= 0.6 is 0 Å². The normalized spacial score (nSPS) is 14.4. The topological polar surface area (TPSA) is 31.4 Å². The highest BCUT2D eigenvalue weighted by Gasteiger charge is 2.37. The molecule has 12 rings (SSSR count). The summed E-state index contributed by atoms with van der Waals surface area (Å²) < 4.78 is 11.2. The molecule has 9 aromatic carbocycles. The minimum Gasteiger partial charge on any atom is -0.497 e. The van der Waals surface area contributed by atoms with Crippen molar-refractivity contribution in [2.75, 3.05) is 33.8 Å². The zero-order valence-corrected chi connectivity index (χ0v) is 47.8. The fraction of sp³-hybridized carbons (Fsp3) is 0.132. The Morgan fingerprint density at radius 3 is 1.26 bits per heavy atom. The second-order valence-electron chi connectivity index (χ2n) is 22.0. The summed E-state index contributed by atoms with van der Waals surface area (Å²) in [6, 6.07) is 76.7. The van der Waals surface area contributed by atoms with Crippen molar-refractivity contribution < 1.29 is 9.47 Å². The van der Waals surface area contributed by atoms with Gasteiger partial charge in [-0.1, -0.05) is 144 Å². The molecule has 0 N–H and O–H groups in total. The number of allylic oxidation sites excluding steroid dienone is 8. The summed E-state index contributed by atoms with van der Waals surface area (Å²) in [6.45, 7) is 15.5. The van der Waals surface area contributed by atoms with Crippen molar-refractivity contribution in [1.29, 1.82) is 0 Å². The van der Waals surface area contributed by atoms with Gasteiger partial charge in [0.2, 0.25) is 0 Å². The highest BCUT2D eigenvalue weighted by atomic mass is 16.5. The summed E-state index contributed by atoms with van der Waals surface area (Å²) in [5.41, 5.74) is 22.9. The van der Waals surface area contributed by atoms with Gasteiger partial charge in [-0.3, -0.25) is 0 Å². The molecular formula is C76H68N4O2. The van der Waals surface area contributed by atoms with Gasteiger partial charge in [-0.05, 0) is 210 Å². The summed E-state index contributed by atoms with van der Waals surface area (Å²) in [4.78, 5) is 9.37. The number of nitrogens with zero attached hydrogens (tertiary/aromatic N) is 4. The number of benzene rings is 9. The van der Waals surface area contributed by atoms with Crippen LogP contribution in [-0.4, -0.2) is 14.2 Å². The molecule has 0 bridgehead atoms. The molecule has 3 aliphatic carbocycles. The predicted molar refractivity (Wildman–Crippen MR) is 345 cm³/mol. The second kappa shape index (κ2) is 22.0. The average Bonchev–Trinajstić information content (AvgIpc) is 3.98. The van der Waals surface area contributed by atoms with Crippen LogP contribution in [0.2, 0.25) is 0 Å². The fourth-order valence-electron chi connectivity index (χ4n) is 12.4. The van der Waals surface area contributed by atoms with Crippen LogP contribution in [0.4, 0.5) is 51.2 Å². The fourth-order valence-corrected chi connectivity index (χ4v) is 12.4. The smallest absolute Gasteiger partial charge is 0.119 e. The third-order valence-corrected chi connectivity index (χ3v) is 16.6. The SMILES string of the molecule is C=C/C=C\C(=C/C)N(C1=CCC=C(N(c2ccccc2)c2ccc(N(c3ccc(OC)cc3)c3ccc4c(c3)C(C)(C)c3ccccc3-4)cc2)C=C1)c1ccc(N(c2ccc(OC)cc2)c2ccc3c(c2)C(C)(C)c2ccccc2-3)cc1.